The van der Waals surface area contributed by atoms with Gasteiger partial charge in [-0.1, -0.05) is 39.3 Å². The van der Waals surface area contributed by atoms with Crippen LogP contribution in [0.1, 0.15) is 68.9 Å². The van der Waals surface area contributed by atoms with Crippen LogP contribution in [-0.4, -0.2) is 40.0 Å². The van der Waals surface area contributed by atoms with Gasteiger partial charge in [0.25, 0.3) is 0 Å². The van der Waals surface area contributed by atoms with Crippen molar-refractivity contribution in [2.24, 2.45) is 0 Å². The molecule has 0 saturated carbocycles. The third kappa shape index (κ3) is 4.42. The molecule has 0 spiro atoms. The van der Waals surface area contributed by atoms with Crippen molar-refractivity contribution in [3.8, 4) is 17.2 Å². The Morgan fingerprint density at radius 3 is 2.55 bits per heavy atom. The van der Waals surface area contributed by atoms with Crippen LogP contribution in [0.15, 0.2) is 36.4 Å². The van der Waals surface area contributed by atoms with Gasteiger partial charge in [-0.15, -0.1) is 5.10 Å². The Bertz CT molecular complexity index is 1110. The van der Waals surface area contributed by atoms with E-state index < -0.39 is 0 Å². The quantitative estimate of drug-likeness (QED) is 0.433. The fraction of sp³-hybridized carbons (Fsp3) is 0.435. The van der Waals surface area contributed by atoms with E-state index in [-0.39, 0.29) is 0 Å². The average molecular weight is 419 g/mol. The third-order valence-electron chi connectivity index (χ3n) is 5.74. The Morgan fingerprint density at radius 1 is 1.06 bits per heavy atom. The largest absolute Gasteiger partial charge is 0.311 e. The summed E-state index contributed by atoms with van der Waals surface area (Å²) >= 11 is 0. The molecule has 0 aliphatic rings. The molecule has 4 aromatic rings. The maximum atomic E-state index is 4.85. The van der Waals surface area contributed by atoms with Crippen LogP contribution in [0.5, 0.6) is 0 Å². The first kappa shape index (κ1) is 21.0. The highest BCUT2D eigenvalue weighted by molar-refractivity contribution is 5.56. The smallest absolute Gasteiger partial charge is 0.196 e. The number of aromatic nitrogens is 8. The lowest BCUT2D eigenvalue weighted by atomic mass is 10.1. The third-order valence-corrected chi connectivity index (χ3v) is 5.74. The molecule has 31 heavy (non-hydrogen) atoms. The van der Waals surface area contributed by atoms with Gasteiger partial charge in [0, 0.05) is 23.7 Å². The van der Waals surface area contributed by atoms with Gasteiger partial charge in [0.1, 0.15) is 5.82 Å². The standard InChI is InChI=1S/C23H30N8/c1-5-7-8-21-24-23(16(3)6-2)30(27-21)15-18-10-12-19(13-11-18)31-17(4)9-14-20(31)22-25-28-29-26-22/h9-14,16H,5-8,15H2,1-4H3,(H,25,26,28,29). The number of nitrogens with zero attached hydrogens (tertiary/aromatic N) is 7. The van der Waals surface area contributed by atoms with E-state index in [9.17, 15) is 0 Å². The summed E-state index contributed by atoms with van der Waals surface area (Å²) in [5.74, 6) is 3.08. The molecule has 4 rings (SSSR count). The first-order valence-corrected chi connectivity index (χ1v) is 11.1. The fourth-order valence-corrected chi connectivity index (χ4v) is 3.76. The molecule has 3 aromatic heterocycles. The zero-order valence-electron chi connectivity index (χ0n) is 18.7. The van der Waals surface area contributed by atoms with Gasteiger partial charge in [-0.05, 0) is 60.0 Å². The second kappa shape index (κ2) is 9.24. The summed E-state index contributed by atoms with van der Waals surface area (Å²) in [6.45, 7) is 9.42. The van der Waals surface area contributed by atoms with Crippen LogP contribution in [0.25, 0.3) is 17.2 Å². The lowest BCUT2D eigenvalue weighted by Gasteiger charge is -2.13. The van der Waals surface area contributed by atoms with Gasteiger partial charge in [0.05, 0.1) is 12.2 Å². The maximum absolute atomic E-state index is 4.85. The molecule has 8 heteroatoms. The molecule has 0 amide bonds. The number of rotatable bonds is 9. The molecule has 162 valence electrons. The number of aryl methyl sites for hydroxylation is 2. The molecular weight excluding hydrogens is 388 g/mol. The van der Waals surface area contributed by atoms with Crippen LogP contribution < -0.4 is 0 Å². The molecule has 0 aliphatic carbocycles. The lowest BCUT2D eigenvalue weighted by molar-refractivity contribution is 0.574. The topological polar surface area (TPSA) is 90.1 Å². The number of unbranched alkanes of at least 4 members (excludes halogenated alkanes) is 1. The van der Waals surface area contributed by atoms with Crippen LogP contribution >= 0.6 is 0 Å². The Kier molecular flexibility index (Phi) is 6.25. The Balaban J connectivity index is 1.59. The second-order valence-corrected chi connectivity index (χ2v) is 8.07. The van der Waals surface area contributed by atoms with Gasteiger partial charge < -0.3 is 4.57 Å². The number of H-pyrrole nitrogens is 1. The minimum atomic E-state index is 0.391. The van der Waals surface area contributed by atoms with E-state index in [1.807, 2.05) is 6.07 Å². The highest BCUT2D eigenvalue weighted by Crippen LogP contribution is 2.24. The van der Waals surface area contributed by atoms with Crippen molar-refractivity contribution >= 4 is 0 Å². The molecule has 1 N–H and O–H groups in total. The predicted octanol–water partition coefficient (Wildman–Crippen LogP) is 4.46. The maximum Gasteiger partial charge on any atom is 0.196 e. The first-order valence-electron chi connectivity index (χ1n) is 11.1. The van der Waals surface area contributed by atoms with Gasteiger partial charge in [0.2, 0.25) is 0 Å². The van der Waals surface area contributed by atoms with E-state index in [0.29, 0.717) is 11.7 Å². The van der Waals surface area contributed by atoms with Crippen molar-refractivity contribution in [3.63, 3.8) is 0 Å². The summed E-state index contributed by atoms with van der Waals surface area (Å²) in [4.78, 5) is 4.85. The van der Waals surface area contributed by atoms with Crippen molar-refractivity contribution in [2.45, 2.75) is 65.8 Å². The van der Waals surface area contributed by atoms with Crippen molar-refractivity contribution < 1.29 is 0 Å². The number of benzene rings is 1. The molecule has 1 atom stereocenters. The second-order valence-electron chi connectivity index (χ2n) is 8.07. The van der Waals surface area contributed by atoms with Gasteiger partial charge >= 0.3 is 0 Å². The first-order chi connectivity index (χ1) is 15.1. The van der Waals surface area contributed by atoms with Crippen molar-refractivity contribution in [1.82, 2.24) is 40.0 Å². The normalized spacial score (nSPS) is 12.4. The minimum absolute atomic E-state index is 0.391. The molecule has 0 saturated heterocycles. The fourth-order valence-electron chi connectivity index (χ4n) is 3.76. The van der Waals surface area contributed by atoms with E-state index in [1.165, 1.54) is 5.56 Å². The zero-order chi connectivity index (χ0) is 21.8. The van der Waals surface area contributed by atoms with Crippen LogP contribution in [0, 0.1) is 6.92 Å². The summed E-state index contributed by atoms with van der Waals surface area (Å²) in [6.07, 6.45) is 4.27. The summed E-state index contributed by atoms with van der Waals surface area (Å²) in [5, 5.41) is 19.1. The van der Waals surface area contributed by atoms with Gasteiger partial charge in [-0.3, -0.25) is 0 Å². The molecule has 1 unspecified atom stereocenters. The Labute approximate surface area is 182 Å². The molecule has 0 fully saturated rings. The minimum Gasteiger partial charge on any atom is -0.311 e. The van der Waals surface area contributed by atoms with Crippen molar-refractivity contribution in [3.05, 3.63) is 59.3 Å². The number of tetrazole rings is 1. The molecular formula is C23H30N8. The van der Waals surface area contributed by atoms with Crippen molar-refractivity contribution in [1.29, 1.82) is 0 Å². The summed E-state index contributed by atoms with van der Waals surface area (Å²) in [7, 11) is 0. The lowest BCUT2D eigenvalue weighted by Crippen LogP contribution is -2.09. The monoisotopic (exact) mass is 418 g/mol. The van der Waals surface area contributed by atoms with E-state index in [1.54, 1.807) is 0 Å². The Morgan fingerprint density at radius 2 is 1.87 bits per heavy atom. The zero-order valence-corrected chi connectivity index (χ0v) is 18.7. The van der Waals surface area contributed by atoms with Gasteiger partial charge in [-0.25, -0.2) is 14.8 Å². The summed E-state index contributed by atoms with van der Waals surface area (Å²) < 4.78 is 4.23. The molecule has 0 aliphatic heterocycles. The Hall–Kier alpha value is -3.29. The van der Waals surface area contributed by atoms with E-state index >= 15 is 0 Å². The molecule has 1 aromatic carbocycles. The SMILES string of the molecule is CCCCc1nc(C(C)CC)n(Cc2ccc(-n3c(C)ccc3-c3nnn[nH]3)cc2)n1. The summed E-state index contributed by atoms with van der Waals surface area (Å²) in [6, 6.07) is 12.7. The van der Waals surface area contributed by atoms with E-state index in [0.717, 1.165) is 61.0 Å². The molecule has 0 bridgehead atoms. The summed E-state index contributed by atoms with van der Waals surface area (Å²) in [5.41, 5.74) is 4.33. The van der Waals surface area contributed by atoms with Crippen LogP contribution in [0.3, 0.4) is 0 Å². The highest BCUT2D eigenvalue weighted by atomic mass is 15.5. The van der Waals surface area contributed by atoms with Gasteiger partial charge in [0.15, 0.2) is 11.6 Å². The van der Waals surface area contributed by atoms with Crippen molar-refractivity contribution in [2.75, 3.05) is 0 Å². The van der Waals surface area contributed by atoms with Crippen LogP contribution in [0.2, 0.25) is 0 Å². The van der Waals surface area contributed by atoms with Crippen LogP contribution in [0.4, 0.5) is 0 Å². The number of hydrogen-bond acceptors (Lipinski definition) is 5. The molecule has 0 radical (unpaired) electrons. The highest BCUT2D eigenvalue weighted by Gasteiger charge is 2.16. The predicted molar refractivity (Wildman–Crippen MR) is 120 cm³/mol. The van der Waals surface area contributed by atoms with Crippen LogP contribution in [-0.2, 0) is 13.0 Å². The number of nitrogens with one attached hydrogen (secondary N) is 1. The number of aromatic amines is 1. The van der Waals surface area contributed by atoms with E-state index in [4.69, 9.17) is 10.1 Å². The molecule has 3 heterocycles. The number of hydrogen-bond donors (Lipinski definition) is 1. The average Bonchev–Trinajstić information content (AvgIpc) is 3.52. The molecule has 8 nitrogen and oxygen atoms in total. The van der Waals surface area contributed by atoms with E-state index in [2.05, 4.69) is 87.9 Å². The van der Waals surface area contributed by atoms with Gasteiger partial charge in [-0.2, -0.15) is 5.10 Å².